The number of halogens is 1. The maximum atomic E-state index is 14.2. The third kappa shape index (κ3) is 1.62. The molecule has 0 bridgehead atoms. The lowest BCUT2D eigenvalue weighted by Crippen LogP contribution is -2.34. The van der Waals surface area contributed by atoms with E-state index in [1.165, 1.54) is 15.9 Å². The van der Waals surface area contributed by atoms with Gasteiger partial charge in [0.1, 0.15) is 10.4 Å². The van der Waals surface area contributed by atoms with Crippen molar-refractivity contribution in [2.24, 2.45) is 0 Å². The van der Waals surface area contributed by atoms with E-state index in [0.717, 1.165) is 4.70 Å². The van der Waals surface area contributed by atoms with Crippen molar-refractivity contribution in [2.45, 2.75) is 13.0 Å². The summed E-state index contributed by atoms with van der Waals surface area (Å²) in [5.41, 5.74) is 0.776. The molecule has 3 aromatic heterocycles. The van der Waals surface area contributed by atoms with Crippen molar-refractivity contribution in [3.63, 3.8) is 0 Å². The summed E-state index contributed by atoms with van der Waals surface area (Å²) in [6.45, 7) is 2.44. The second-order valence-electron chi connectivity index (χ2n) is 5.05. The van der Waals surface area contributed by atoms with Gasteiger partial charge in [0.2, 0.25) is 5.82 Å². The number of amides is 1. The van der Waals surface area contributed by atoms with Crippen LogP contribution in [-0.2, 0) is 0 Å². The number of aromatic nitrogens is 2. The molecule has 0 unspecified atom stereocenters. The average Bonchev–Trinajstić information content (AvgIpc) is 2.90. The van der Waals surface area contributed by atoms with Crippen molar-refractivity contribution < 1.29 is 14.3 Å². The fourth-order valence-electron chi connectivity index (χ4n) is 2.60. The lowest BCUT2D eigenvalue weighted by Gasteiger charge is -2.09. The fraction of sp³-hybridized carbons (Fsp3) is 0.231. The van der Waals surface area contributed by atoms with Gasteiger partial charge in [0, 0.05) is 28.9 Å². The Labute approximate surface area is 122 Å². The zero-order valence-electron chi connectivity index (χ0n) is 11.0. The molecule has 0 fully saturated rings. The molecule has 1 amide bonds. The molecule has 108 valence electrons. The van der Waals surface area contributed by atoms with E-state index in [1.807, 2.05) is 6.92 Å². The highest BCUT2D eigenvalue weighted by molar-refractivity contribution is 7.21. The number of carbonyl (C=O) groups excluding carboxylic acids is 1. The Balaban J connectivity index is 2.12. The molecule has 1 atom stereocenters. The number of thiophene rings is 1. The molecule has 0 saturated carbocycles. The van der Waals surface area contributed by atoms with Crippen molar-refractivity contribution in [3.05, 3.63) is 23.0 Å². The highest BCUT2D eigenvalue weighted by Gasteiger charge is 2.26. The molecule has 6 nitrogen and oxygen atoms in total. The Morgan fingerprint density at radius 3 is 3.19 bits per heavy atom. The SMILES string of the molecule is C[C@@H]1CNc2c(sc3ccn4nc(O)c(F)c4c23)C(=O)N1. The standard InChI is InChI=1S/C13H11FN4O2S/c1-5-4-15-9-7-6(21-11(9)13(20)16-5)2-3-18-10(7)8(14)12(19)17-18/h2-3,5,15H,4H2,1H3,(H,16,20)(H,17,19)/t5-/m1/s1. The minimum atomic E-state index is -0.777. The van der Waals surface area contributed by atoms with Gasteiger partial charge in [-0.05, 0) is 13.0 Å². The van der Waals surface area contributed by atoms with Crippen molar-refractivity contribution >= 4 is 38.5 Å². The first-order chi connectivity index (χ1) is 10.1. The van der Waals surface area contributed by atoms with Crippen LogP contribution >= 0.6 is 11.3 Å². The number of aromatic hydroxyl groups is 1. The molecular weight excluding hydrogens is 295 g/mol. The second-order valence-corrected chi connectivity index (χ2v) is 6.10. The van der Waals surface area contributed by atoms with Gasteiger partial charge >= 0.3 is 0 Å². The number of carbonyl (C=O) groups is 1. The van der Waals surface area contributed by atoms with Crippen LogP contribution in [0.2, 0.25) is 0 Å². The summed E-state index contributed by atoms with van der Waals surface area (Å²) in [5, 5.41) is 19.9. The second kappa shape index (κ2) is 4.08. The summed E-state index contributed by atoms with van der Waals surface area (Å²) < 4.78 is 16.2. The van der Waals surface area contributed by atoms with Crippen molar-refractivity contribution in [1.29, 1.82) is 0 Å². The highest BCUT2D eigenvalue weighted by Crippen LogP contribution is 2.40. The number of pyridine rings is 1. The molecule has 0 aliphatic carbocycles. The van der Waals surface area contributed by atoms with Crippen LogP contribution in [-0.4, -0.2) is 33.2 Å². The highest BCUT2D eigenvalue weighted by atomic mass is 32.1. The molecule has 4 rings (SSSR count). The van der Waals surface area contributed by atoms with Gasteiger partial charge in [-0.1, -0.05) is 0 Å². The first-order valence-corrected chi connectivity index (χ1v) is 7.25. The summed E-state index contributed by atoms with van der Waals surface area (Å²) in [5.74, 6) is -1.60. The number of anilines is 1. The molecule has 0 spiro atoms. The van der Waals surface area contributed by atoms with Gasteiger partial charge in [0.05, 0.1) is 5.69 Å². The van der Waals surface area contributed by atoms with Gasteiger partial charge in [0.25, 0.3) is 11.8 Å². The van der Waals surface area contributed by atoms with Gasteiger partial charge in [-0.3, -0.25) is 4.79 Å². The molecule has 3 N–H and O–H groups in total. The van der Waals surface area contributed by atoms with Gasteiger partial charge in [-0.25, -0.2) is 4.52 Å². The van der Waals surface area contributed by atoms with Crippen molar-refractivity contribution in [2.75, 3.05) is 11.9 Å². The van der Waals surface area contributed by atoms with Crippen LogP contribution in [0, 0.1) is 5.82 Å². The predicted molar refractivity (Wildman–Crippen MR) is 77.6 cm³/mol. The molecule has 0 saturated heterocycles. The lowest BCUT2D eigenvalue weighted by molar-refractivity contribution is 0.0949. The largest absolute Gasteiger partial charge is 0.490 e. The quantitative estimate of drug-likeness (QED) is 0.593. The average molecular weight is 306 g/mol. The van der Waals surface area contributed by atoms with Gasteiger partial charge in [-0.15, -0.1) is 16.4 Å². The minimum absolute atomic E-state index is 0.0185. The molecule has 8 heteroatoms. The van der Waals surface area contributed by atoms with Crippen LogP contribution in [0.3, 0.4) is 0 Å². The third-order valence-electron chi connectivity index (χ3n) is 3.54. The first-order valence-electron chi connectivity index (χ1n) is 6.43. The zero-order chi connectivity index (χ0) is 14.7. The number of rotatable bonds is 0. The Morgan fingerprint density at radius 2 is 2.38 bits per heavy atom. The van der Waals surface area contributed by atoms with Crippen molar-refractivity contribution in [1.82, 2.24) is 14.9 Å². The molecular formula is C13H11FN4O2S. The van der Waals surface area contributed by atoms with E-state index in [1.54, 1.807) is 12.3 Å². The molecule has 0 radical (unpaired) electrons. The van der Waals surface area contributed by atoms with Gasteiger partial charge in [-0.2, -0.15) is 4.39 Å². The van der Waals surface area contributed by atoms with Crippen LogP contribution in [0.1, 0.15) is 16.6 Å². The van der Waals surface area contributed by atoms with E-state index in [9.17, 15) is 14.3 Å². The zero-order valence-corrected chi connectivity index (χ0v) is 11.8. The Bertz CT molecular complexity index is 901. The first kappa shape index (κ1) is 12.4. The van der Waals surface area contributed by atoms with Crippen LogP contribution in [0.4, 0.5) is 10.1 Å². The molecule has 4 heterocycles. The smallest absolute Gasteiger partial charge is 0.268 e. The molecule has 0 aromatic carbocycles. The van der Waals surface area contributed by atoms with Crippen molar-refractivity contribution in [3.8, 4) is 5.88 Å². The summed E-state index contributed by atoms with van der Waals surface area (Å²) >= 11 is 1.29. The summed E-state index contributed by atoms with van der Waals surface area (Å²) in [7, 11) is 0. The summed E-state index contributed by atoms with van der Waals surface area (Å²) in [4.78, 5) is 12.7. The van der Waals surface area contributed by atoms with Crippen LogP contribution in [0.15, 0.2) is 12.3 Å². The lowest BCUT2D eigenvalue weighted by atomic mass is 10.2. The monoisotopic (exact) mass is 306 g/mol. The molecule has 21 heavy (non-hydrogen) atoms. The molecule has 3 aromatic rings. The Hall–Kier alpha value is -2.35. The molecule has 1 aliphatic heterocycles. The summed E-state index contributed by atoms with van der Waals surface area (Å²) in [6, 6.07) is 1.74. The van der Waals surface area contributed by atoms with E-state index < -0.39 is 11.7 Å². The summed E-state index contributed by atoms with van der Waals surface area (Å²) in [6.07, 6.45) is 1.57. The maximum absolute atomic E-state index is 14.2. The number of hydrogen-bond donors (Lipinski definition) is 3. The van der Waals surface area contributed by atoms with E-state index in [-0.39, 0.29) is 17.5 Å². The number of hydrogen-bond acceptors (Lipinski definition) is 5. The maximum Gasteiger partial charge on any atom is 0.268 e. The topological polar surface area (TPSA) is 78.7 Å². The van der Waals surface area contributed by atoms with Gasteiger partial charge in [0.15, 0.2) is 0 Å². The number of nitrogens with one attached hydrogen (secondary N) is 2. The Morgan fingerprint density at radius 1 is 1.57 bits per heavy atom. The Kier molecular flexibility index (Phi) is 2.41. The third-order valence-corrected chi connectivity index (χ3v) is 4.70. The molecule has 1 aliphatic rings. The predicted octanol–water partition coefficient (Wildman–Crippen LogP) is 1.94. The fourth-order valence-corrected chi connectivity index (χ4v) is 3.68. The van der Waals surface area contributed by atoms with Crippen LogP contribution in [0.5, 0.6) is 5.88 Å². The van der Waals surface area contributed by atoms with E-state index in [4.69, 9.17) is 0 Å². The number of fused-ring (bicyclic) bond motifs is 5. The van der Waals surface area contributed by atoms with Gasteiger partial charge < -0.3 is 15.7 Å². The minimum Gasteiger partial charge on any atom is -0.490 e. The van der Waals surface area contributed by atoms with E-state index in [0.29, 0.717) is 22.5 Å². The van der Waals surface area contributed by atoms with Crippen LogP contribution < -0.4 is 10.6 Å². The van der Waals surface area contributed by atoms with E-state index in [2.05, 4.69) is 15.7 Å². The normalized spacial score (nSPS) is 18.4. The van der Waals surface area contributed by atoms with E-state index >= 15 is 0 Å². The number of nitrogens with zero attached hydrogens (tertiary/aromatic N) is 2. The van der Waals surface area contributed by atoms with Crippen LogP contribution in [0.25, 0.3) is 15.6 Å².